The molecule has 26 heavy (non-hydrogen) atoms. The maximum atomic E-state index is 14.8. The molecule has 1 aromatic carbocycles. The Labute approximate surface area is 157 Å². The summed E-state index contributed by atoms with van der Waals surface area (Å²) in [6.07, 6.45) is 11.7. The van der Waals surface area contributed by atoms with Gasteiger partial charge in [-0.05, 0) is 67.4 Å². The van der Waals surface area contributed by atoms with Gasteiger partial charge in [-0.1, -0.05) is 52.0 Å². The summed E-state index contributed by atoms with van der Waals surface area (Å²) in [5.74, 6) is 0.871. The van der Waals surface area contributed by atoms with Gasteiger partial charge in [-0.2, -0.15) is 4.39 Å². The monoisotopic (exact) mass is 364 g/mol. The zero-order chi connectivity index (χ0) is 18.5. The van der Waals surface area contributed by atoms with E-state index in [9.17, 15) is 8.78 Å². The molecule has 0 saturated heterocycles. The second-order valence-electron chi connectivity index (χ2n) is 8.33. The SMILES string of the molecule is CCCCCC1CCC2C(c3ccc(OCCCC)c(F)c3F)CCC12. The zero-order valence-electron chi connectivity index (χ0n) is 16.4. The molecule has 0 aliphatic heterocycles. The predicted molar refractivity (Wildman–Crippen MR) is 103 cm³/mol. The van der Waals surface area contributed by atoms with Crippen LogP contribution in [0.4, 0.5) is 8.78 Å². The lowest BCUT2D eigenvalue weighted by molar-refractivity contribution is 0.286. The fourth-order valence-corrected chi connectivity index (χ4v) is 5.39. The van der Waals surface area contributed by atoms with Gasteiger partial charge in [0, 0.05) is 0 Å². The van der Waals surface area contributed by atoms with Gasteiger partial charge in [-0.15, -0.1) is 0 Å². The summed E-state index contributed by atoms with van der Waals surface area (Å²) in [6.45, 7) is 4.74. The molecule has 4 unspecified atom stereocenters. The molecule has 0 N–H and O–H groups in total. The summed E-state index contributed by atoms with van der Waals surface area (Å²) in [7, 11) is 0. The number of halogens is 2. The fraction of sp³-hybridized carbons (Fsp3) is 0.739. The van der Waals surface area contributed by atoms with Crippen LogP contribution in [0.25, 0.3) is 0 Å². The van der Waals surface area contributed by atoms with Crippen molar-refractivity contribution < 1.29 is 13.5 Å². The van der Waals surface area contributed by atoms with Gasteiger partial charge in [0.2, 0.25) is 5.82 Å². The van der Waals surface area contributed by atoms with Gasteiger partial charge >= 0.3 is 0 Å². The normalized spacial score (nSPS) is 27.7. The maximum absolute atomic E-state index is 14.8. The number of ether oxygens (including phenoxy) is 1. The highest BCUT2D eigenvalue weighted by atomic mass is 19.2. The Hall–Kier alpha value is -1.12. The minimum Gasteiger partial charge on any atom is -0.490 e. The van der Waals surface area contributed by atoms with Crippen LogP contribution in [0.2, 0.25) is 0 Å². The maximum Gasteiger partial charge on any atom is 0.200 e. The molecule has 0 heterocycles. The minimum atomic E-state index is -0.792. The lowest BCUT2D eigenvalue weighted by Gasteiger charge is -2.22. The van der Waals surface area contributed by atoms with Gasteiger partial charge in [0.25, 0.3) is 0 Å². The van der Waals surface area contributed by atoms with E-state index in [0.717, 1.165) is 31.1 Å². The number of hydrogen-bond donors (Lipinski definition) is 0. The molecule has 3 rings (SSSR count). The first-order chi connectivity index (χ1) is 12.7. The summed E-state index contributed by atoms with van der Waals surface area (Å²) < 4.78 is 34.7. The highest BCUT2D eigenvalue weighted by Gasteiger charge is 2.45. The van der Waals surface area contributed by atoms with Crippen LogP contribution < -0.4 is 4.74 Å². The molecule has 2 aliphatic rings. The molecule has 0 bridgehead atoms. The Morgan fingerprint density at radius 2 is 1.65 bits per heavy atom. The lowest BCUT2D eigenvalue weighted by Crippen LogP contribution is -2.14. The van der Waals surface area contributed by atoms with Crippen LogP contribution in [0.1, 0.15) is 89.5 Å². The van der Waals surface area contributed by atoms with Crippen LogP contribution in [0, 0.1) is 29.4 Å². The molecular formula is C23H34F2O. The molecule has 2 aliphatic carbocycles. The van der Waals surface area contributed by atoms with Crippen molar-refractivity contribution in [3.8, 4) is 5.75 Å². The van der Waals surface area contributed by atoms with Crippen molar-refractivity contribution in [1.82, 2.24) is 0 Å². The smallest absolute Gasteiger partial charge is 0.200 e. The second kappa shape index (κ2) is 9.19. The van der Waals surface area contributed by atoms with Crippen molar-refractivity contribution >= 4 is 0 Å². The molecule has 146 valence electrons. The Morgan fingerprint density at radius 1 is 0.885 bits per heavy atom. The molecule has 4 atom stereocenters. The van der Waals surface area contributed by atoms with Crippen molar-refractivity contribution in [2.45, 2.75) is 84.0 Å². The van der Waals surface area contributed by atoms with Crippen LogP contribution >= 0.6 is 0 Å². The quantitative estimate of drug-likeness (QED) is 0.419. The Morgan fingerprint density at radius 3 is 2.42 bits per heavy atom. The number of hydrogen-bond acceptors (Lipinski definition) is 1. The van der Waals surface area contributed by atoms with E-state index in [0.29, 0.717) is 18.1 Å². The summed E-state index contributed by atoms with van der Waals surface area (Å²) in [5.41, 5.74) is 0.590. The van der Waals surface area contributed by atoms with E-state index in [1.54, 1.807) is 12.1 Å². The number of benzene rings is 1. The molecule has 3 heteroatoms. The van der Waals surface area contributed by atoms with Gasteiger partial charge in [-0.3, -0.25) is 0 Å². The van der Waals surface area contributed by atoms with Gasteiger partial charge in [0.1, 0.15) is 0 Å². The zero-order valence-corrected chi connectivity index (χ0v) is 16.4. The van der Waals surface area contributed by atoms with Gasteiger partial charge in [0.05, 0.1) is 6.61 Å². The highest BCUT2D eigenvalue weighted by Crippen LogP contribution is 2.56. The first-order valence-corrected chi connectivity index (χ1v) is 10.8. The third-order valence-electron chi connectivity index (χ3n) is 6.76. The summed E-state index contributed by atoms with van der Waals surface area (Å²) in [5, 5.41) is 0. The molecule has 0 radical (unpaired) electrons. The number of unbranched alkanes of at least 4 members (excludes halogenated alkanes) is 3. The van der Waals surface area contributed by atoms with Crippen molar-refractivity contribution in [2.75, 3.05) is 6.61 Å². The Bertz CT molecular complexity index is 586. The average molecular weight is 365 g/mol. The first kappa shape index (κ1) is 19.6. The van der Waals surface area contributed by atoms with E-state index in [2.05, 4.69) is 13.8 Å². The van der Waals surface area contributed by atoms with Crippen LogP contribution in [0.5, 0.6) is 5.75 Å². The summed E-state index contributed by atoms with van der Waals surface area (Å²) >= 11 is 0. The van der Waals surface area contributed by atoms with E-state index in [1.165, 1.54) is 44.9 Å². The van der Waals surface area contributed by atoms with Crippen LogP contribution in [0.3, 0.4) is 0 Å². The molecule has 0 spiro atoms. The molecule has 0 amide bonds. The summed E-state index contributed by atoms with van der Waals surface area (Å²) in [6, 6.07) is 3.43. The number of fused-ring (bicyclic) bond motifs is 1. The topological polar surface area (TPSA) is 9.23 Å². The third kappa shape index (κ3) is 4.07. The van der Waals surface area contributed by atoms with Gasteiger partial charge in [0.15, 0.2) is 11.6 Å². The van der Waals surface area contributed by atoms with E-state index in [4.69, 9.17) is 4.74 Å². The van der Waals surface area contributed by atoms with E-state index in [1.807, 2.05) is 0 Å². The van der Waals surface area contributed by atoms with E-state index >= 15 is 0 Å². The highest BCUT2D eigenvalue weighted by molar-refractivity contribution is 5.34. The molecular weight excluding hydrogens is 330 g/mol. The minimum absolute atomic E-state index is 0.0677. The largest absolute Gasteiger partial charge is 0.490 e. The fourth-order valence-electron chi connectivity index (χ4n) is 5.39. The van der Waals surface area contributed by atoms with Crippen molar-refractivity contribution in [3.05, 3.63) is 29.3 Å². The van der Waals surface area contributed by atoms with Crippen LogP contribution in [0.15, 0.2) is 12.1 Å². The van der Waals surface area contributed by atoms with Crippen molar-refractivity contribution in [2.24, 2.45) is 17.8 Å². The second-order valence-corrected chi connectivity index (χ2v) is 8.33. The van der Waals surface area contributed by atoms with Gasteiger partial charge in [-0.25, -0.2) is 4.39 Å². The Balaban J connectivity index is 1.67. The van der Waals surface area contributed by atoms with Crippen molar-refractivity contribution in [1.29, 1.82) is 0 Å². The van der Waals surface area contributed by atoms with Crippen LogP contribution in [-0.2, 0) is 0 Å². The van der Waals surface area contributed by atoms with Crippen LogP contribution in [-0.4, -0.2) is 6.61 Å². The lowest BCUT2D eigenvalue weighted by atomic mass is 9.83. The number of rotatable bonds is 9. The Kier molecular flexibility index (Phi) is 6.94. The first-order valence-electron chi connectivity index (χ1n) is 10.8. The third-order valence-corrected chi connectivity index (χ3v) is 6.76. The molecule has 1 nitrogen and oxygen atoms in total. The average Bonchev–Trinajstić information content (AvgIpc) is 3.22. The van der Waals surface area contributed by atoms with Crippen molar-refractivity contribution in [3.63, 3.8) is 0 Å². The molecule has 1 aromatic rings. The van der Waals surface area contributed by atoms with E-state index < -0.39 is 11.6 Å². The van der Waals surface area contributed by atoms with E-state index in [-0.39, 0.29) is 11.7 Å². The summed E-state index contributed by atoms with van der Waals surface area (Å²) in [4.78, 5) is 0. The molecule has 2 saturated carbocycles. The predicted octanol–water partition coefficient (Wildman–Crippen LogP) is 7.24. The van der Waals surface area contributed by atoms with Gasteiger partial charge < -0.3 is 4.74 Å². The standard InChI is InChI=1S/C23H34F2O/c1-3-5-7-8-16-9-10-18-17(16)11-12-19(18)20-13-14-21(23(25)22(20)24)26-15-6-4-2/h13-14,16-19H,3-12,15H2,1-2H3. The molecule has 2 fully saturated rings. The molecule has 0 aromatic heterocycles.